The molecule has 31 heavy (non-hydrogen) atoms. The van der Waals surface area contributed by atoms with E-state index in [-0.39, 0.29) is 22.2 Å². The van der Waals surface area contributed by atoms with E-state index in [0.717, 1.165) is 16.1 Å². The Balaban J connectivity index is 1.75. The molecular formula is C18H18F3N3O4S3. The summed E-state index contributed by atoms with van der Waals surface area (Å²) in [6.45, 7) is 1.49. The van der Waals surface area contributed by atoms with Crippen molar-refractivity contribution in [1.82, 2.24) is 9.29 Å². The molecule has 3 aromatic rings. The van der Waals surface area contributed by atoms with Crippen LogP contribution in [0.15, 0.2) is 38.1 Å². The highest BCUT2D eigenvalue weighted by atomic mass is 32.2. The van der Waals surface area contributed by atoms with Crippen molar-refractivity contribution in [1.29, 1.82) is 0 Å². The normalized spacial score (nSPS) is 12.6. The number of amides is 1. The van der Waals surface area contributed by atoms with Gasteiger partial charge in [-0.1, -0.05) is 11.8 Å². The first-order valence-electron chi connectivity index (χ1n) is 8.81. The fraction of sp³-hybridized carbons (Fsp3) is 0.333. The van der Waals surface area contributed by atoms with Crippen LogP contribution >= 0.6 is 23.1 Å². The summed E-state index contributed by atoms with van der Waals surface area (Å²) in [4.78, 5) is 16.9. The molecule has 7 nitrogen and oxygen atoms in total. The molecule has 2 aromatic heterocycles. The first-order valence-corrected chi connectivity index (χ1v) is 12.1. The van der Waals surface area contributed by atoms with Crippen LogP contribution in [0.3, 0.4) is 0 Å². The van der Waals surface area contributed by atoms with Gasteiger partial charge < -0.3 is 9.73 Å². The molecule has 0 spiro atoms. The molecule has 0 aliphatic rings. The van der Waals surface area contributed by atoms with Crippen LogP contribution < -0.4 is 5.32 Å². The molecule has 1 aromatic carbocycles. The highest BCUT2D eigenvalue weighted by Gasteiger charge is 2.27. The third-order valence-electron chi connectivity index (χ3n) is 4.11. The van der Waals surface area contributed by atoms with E-state index in [0.29, 0.717) is 20.2 Å². The highest BCUT2D eigenvalue weighted by molar-refractivity contribution is 8.01. The number of fused-ring (bicyclic) bond motifs is 1. The predicted molar refractivity (Wildman–Crippen MR) is 113 cm³/mol. The number of sulfonamides is 1. The SMILES string of the molecule is Cc1oc(S(=O)(=O)N(C)C)cc1C(=O)Nc1ccc2nc(SCCC(F)(F)F)sc2c1. The maximum absolute atomic E-state index is 12.6. The van der Waals surface area contributed by atoms with Crippen LogP contribution in [0.2, 0.25) is 0 Å². The lowest BCUT2D eigenvalue weighted by Gasteiger charge is -2.07. The van der Waals surface area contributed by atoms with Gasteiger partial charge in [0.2, 0.25) is 5.09 Å². The summed E-state index contributed by atoms with van der Waals surface area (Å²) >= 11 is 2.25. The predicted octanol–water partition coefficient (Wildman–Crippen LogP) is 4.74. The molecule has 1 amide bonds. The van der Waals surface area contributed by atoms with Gasteiger partial charge in [0.15, 0.2) is 4.34 Å². The van der Waals surface area contributed by atoms with Gasteiger partial charge >= 0.3 is 6.18 Å². The topological polar surface area (TPSA) is 92.5 Å². The van der Waals surface area contributed by atoms with Gasteiger partial charge in [-0.05, 0) is 25.1 Å². The number of carbonyl (C=O) groups is 1. The van der Waals surface area contributed by atoms with E-state index in [4.69, 9.17) is 4.42 Å². The molecule has 0 aliphatic heterocycles. The van der Waals surface area contributed by atoms with Gasteiger partial charge in [0.05, 0.1) is 22.2 Å². The van der Waals surface area contributed by atoms with Crippen LogP contribution in [0.4, 0.5) is 18.9 Å². The Bertz CT molecular complexity index is 1220. The molecule has 2 heterocycles. The number of aromatic nitrogens is 1. The standard InChI is InChI=1S/C18H18F3N3O4S3/c1-10-12(9-15(28-10)31(26,27)24(2)3)16(25)22-11-4-5-13-14(8-11)30-17(23-13)29-7-6-18(19,20)21/h4-5,8-9H,6-7H2,1-3H3,(H,22,25). The zero-order valence-corrected chi connectivity index (χ0v) is 19.1. The fourth-order valence-corrected chi connectivity index (χ4v) is 5.50. The second-order valence-corrected chi connectivity index (χ2v) is 11.1. The van der Waals surface area contributed by atoms with Crippen molar-refractivity contribution >= 4 is 54.9 Å². The number of furan rings is 1. The van der Waals surface area contributed by atoms with Crippen molar-refractivity contribution in [3.05, 3.63) is 35.6 Å². The van der Waals surface area contributed by atoms with E-state index in [2.05, 4.69) is 10.3 Å². The summed E-state index contributed by atoms with van der Waals surface area (Å²) in [6.07, 6.45) is -5.11. The smallest absolute Gasteiger partial charge is 0.389 e. The first-order chi connectivity index (χ1) is 14.4. The van der Waals surface area contributed by atoms with Crippen molar-refractivity contribution in [2.45, 2.75) is 29.0 Å². The second kappa shape index (κ2) is 8.81. The summed E-state index contributed by atoms with van der Waals surface area (Å²) in [5, 5.41) is 2.34. The number of nitrogens with zero attached hydrogens (tertiary/aromatic N) is 2. The van der Waals surface area contributed by atoms with E-state index < -0.39 is 28.5 Å². The van der Waals surface area contributed by atoms with Crippen LogP contribution in [-0.2, 0) is 10.0 Å². The number of alkyl halides is 3. The van der Waals surface area contributed by atoms with Crippen LogP contribution in [0, 0.1) is 6.92 Å². The van der Waals surface area contributed by atoms with Crippen molar-refractivity contribution in [2.24, 2.45) is 0 Å². The van der Waals surface area contributed by atoms with Gasteiger partial charge in [0.1, 0.15) is 5.76 Å². The Morgan fingerprint density at radius 3 is 2.65 bits per heavy atom. The third kappa shape index (κ3) is 5.59. The number of thioether (sulfide) groups is 1. The molecule has 0 saturated carbocycles. The average molecular weight is 494 g/mol. The summed E-state index contributed by atoms with van der Waals surface area (Å²) in [6, 6.07) is 6.09. The highest BCUT2D eigenvalue weighted by Crippen LogP contribution is 2.33. The molecule has 0 fully saturated rings. The van der Waals surface area contributed by atoms with Crippen molar-refractivity contribution in [3.8, 4) is 0 Å². The quantitative estimate of drug-likeness (QED) is 0.478. The number of thiazole rings is 1. The number of benzene rings is 1. The summed E-state index contributed by atoms with van der Waals surface area (Å²) in [5.41, 5.74) is 1.12. The van der Waals surface area contributed by atoms with Crippen molar-refractivity contribution in [3.63, 3.8) is 0 Å². The maximum Gasteiger partial charge on any atom is 0.389 e. The number of carbonyl (C=O) groups excluding carboxylic acids is 1. The number of aryl methyl sites for hydroxylation is 1. The molecule has 13 heteroatoms. The number of nitrogens with one attached hydrogen (secondary N) is 1. The van der Waals surface area contributed by atoms with E-state index in [1.165, 1.54) is 38.4 Å². The van der Waals surface area contributed by atoms with Gasteiger partial charge in [-0.2, -0.15) is 13.2 Å². The van der Waals surface area contributed by atoms with Crippen molar-refractivity contribution < 1.29 is 30.8 Å². The average Bonchev–Trinajstić information content (AvgIpc) is 3.23. The zero-order chi connectivity index (χ0) is 23.0. The molecule has 0 unspecified atom stereocenters. The number of hydrogen-bond donors (Lipinski definition) is 1. The second-order valence-electron chi connectivity index (χ2n) is 6.65. The Morgan fingerprint density at radius 2 is 2.00 bits per heavy atom. The van der Waals surface area contributed by atoms with Crippen LogP contribution in [0.25, 0.3) is 10.2 Å². The molecule has 0 radical (unpaired) electrons. The molecule has 1 N–H and O–H groups in total. The Hall–Kier alpha value is -2.09. The maximum atomic E-state index is 12.6. The summed E-state index contributed by atoms with van der Waals surface area (Å²) < 4.78 is 68.7. The molecule has 3 rings (SSSR count). The fourth-order valence-electron chi connectivity index (χ4n) is 2.48. The minimum Gasteiger partial charge on any atom is -0.448 e. The molecule has 0 bridgehead atoms. The number of rotatable bonds is 7. The minimum absolute atomic E-state index is 0.0771. The number of hydrogen-bond acceptors (Lipinski definition) is 7. The Labute approximate surface area is 184 Å². The van der Waals surface area contributed by atoms with Crippen LogP contribution in [0.5, 0.6) is 0 Å². The van der Waals surface area contributed by atoms with E-state index in [1.54, 1.807) is 18.2 Å². The summed E-state index contributed by atoms with van der Waals surface area (Å²) in [5.74, 6) is -0.518. The Kier molecular flexibility index (Phi) is 6.69. The van der Waals surface area contributed by atoms with E-state index >= 15 is 0 Å². The molecule has 0 atom stereocenters. The number of halogens is 3. The minimum atomic E-state index is -4.21. The van der Waals surface area contributed by atoms with Crippen molar-refractivity contribution in [2.75, 3.05) is 25.2 Å². The van der Waals surface area contributed by atoms with Gasteiger partial charge in [-0.3, -0.25) is 4.79 Å². The van der Waals surface area contributed by atoms with Gasteiger partial charge in [0, 0.05) is 31.6 Å². The van der Waals surface area contributed by atoms with E-state index in [1.807, 2.05) is 0 Å². The molecule has 168 valence electrons. The zero-order valence-electron chi connectivity index (χ0n) is 16.6. The van der Waals surface area contributed by atoms with Gasteiger partial charge in [-0.15, -0.1) is 11.3 Å². The lowest BCUT2D eigenvalue weighted by molar-refractivity contribution is -0.129. The molecule has 0 aliphatic carbocycles. The van der Waals surface area contributed by atoms with Gasteiger partial charge in [-0.25, -0.2) is 17.7 Å². The first kappa shape index (κ1) is 23.6. The van der Waals surface area contributed by atoms with E-state index in [9.17, 15) is 26.4 Å². The van der Waals surface area contributed by atoms with Gasteiger partial charge in [0.25, 0.3) is 15.9 Å². The Morgan fingerprint density at radius 1 is 1.29 bits per heavy atom. The van der Waals surface area contributed by atoms with Crippen LogP contribution in [0.1, 0.15) is 22.5 Å². The largest absolute Gasteiger partial charge is 0.448 e. The molecular weight excluding hydrogens is 475 g/mol. The van der Waals surface area contributed by atoms with Crippen LogP contribution in [-0.4, -0.2) is 49.6 Å². The lowest BCUT2D eigenvalue weighted by Crippen LogP contribution is -2.21. The lowest BCUT2D eigenvalue weighted by atomic mass is 10.2. The molecule has 0 saturated heterocycles. The monoisotopic (exact) mass is 493 g/mol. The summed E-state index contributed by atoms with van der Waals surface area (Å²) in [7, 11) is -1.11. The third-order valence-corrected chi connectivity index (χ3v) is 7.95. The number of anilines is 1.